The number of carboxylic acid groups (broad SMARTS) is 1. The summed E-state index contributed by atoms with van der Waals surface area (Å²) >= 11 is 0. The lowest BCUT2D eigenvalue weighted by atomic mass is 10.3. The number of halogens is 3. The summed E-state index contributed by atoms with van der Waals surface area (Å²) in [7, 11) is 6.17. The zero-order valence-electron chi connectivity index (χ0n) is 13.2. The average molecular weight is 336 g/mol. The zero-order chi connectivity index (χ0) is 18.2. The van der Waals surface area contributed by atoms with Crippen molar-refractivity contribution < 1.29 is 32.3 Å². The molecular formula is C14H21F3N3O3+. The third kappa shape index (κ3) is 9.35. The van der Waals surface area contributed by atoms with E-state index in [4.69, 9.17) is 5.11 Å². The molecule has 0 atom stereocenters. The maximum absolute atomic E-state index is 12.7. The van der Waals surface area contributed by atoms with Crippen LogP contribution < -0.4 is 11.1 Å². The lowest BCUT2D eigenvalue weighted by Crippen LogP contribution is -2.35. The smallest absolute Gasteiger partial charge is 0.316 e. The second kappa shape index (κ2) is 8.99. The molecule has 9 heteroatoms. The molecule has 0 unspecified atom stereocenters. The molecule has 0 aliphatic carbocycles. The Bertz CT molecular complexity index is 560. The summed E-state index contributed by atoms with van der Waals surface area (Å²) < 4.78 is 38.4. The first-order chi connectivity index (χ1) is 10.4. The second-order valence-electron chi connectivity index (χ2n) is 5.72. The highest BCUT2D eigenvalue weighted by Crippen LogP contribution is 2.19. The number of carbonyl (C=O) groups excluding carboxylic acids is 1. The first kappa shape index (κ1) is 20.7. The van der Waals surface area contributed by atoms with Crippen molar-refractivity contribution in [2.24, 2.45) is 5.73 Å². The monoisotopic (exact) mass is 336 g/mol. The van der Waals surface area contributed by atoms with Crippen molar-refractivity contribution >= 4 is 17.7 Å². The van der Waals surface area contributed by atoms with Crippen molar-refractivity contribution in [3.63, 3.8) is 0 Å². The van der Waals surface area contributed by atoms with E-state index in [2.05, 4.69) is 26.9 Å². The molecule has 0 aliphatic rings. The maximum Gasteiger partial charge on any atom is 0.316 e. The average Bonchev–Trinajstić information content (AvgIpc) is 2.38. The Labute approximate surface area is 132 Å². The van der Waals surface area contributed by atoms with Crippen LogP contribution in [0.25, 0.3) is 0 Å². The Kier molecular flexibility index (Phi) is 8.09. The number of nitrogens with one attached hydrogen (secondary N) is 1. The number of benzene rings is 1. The SMILES string of the molecule is C[N+](C)(C)CCCC(=O)O.NC(=O)Nc1ccc(F)c(F)c1F. The van der Waals surface area contributed by atoms with Gasteiger partial charge in [0.25, 0.3) is 0 Å². The Morgan fingerprint density at radius 2 is 1.74 bits per heavy atom. The van der Waals surface area contributed by atoms with Gasteiger partial charge in [-0.3, -0.25) is 4.79 Å². The van der Waals surface area contributed by atoms with Gasteiger partial charge in [0.15, 0.2) is 17.5 Å². The van der Waals surface area contributed by atoms with E-state index in [0.29, 0.717) is 6.07 Å². The van der Waals surface area contributed by atoms with Crippen LogP contribution in [0, 0.1) is 17.5 Å². The van der Waals surface area contributed by atoms with Crippen LogP contribution in [0.4, 0.5) is 23.7 Å². The highest BCUT2D eigenvalue weighted by molar-refractivity contribution is 5.87. The normalized spacial score (nSPS) is 10.5. The van der Waals surface area contributed by atoms with E-state index in [0.717, 1.165) is 23.5 Å². The zero-order valence-corrected chi connectivity index (χ0v) is 13.2. The molecule has 1 aromatic carbocycles. The number of quaternary nitrogens is 1. The molecule has 130 valence electrons. The van der Waals surface area contributed by atoms with Gasteiger partial charge in [0.2, 0.25) is 0 Å². The molecule has 1 aromatic rings. The molecule has 0 saturated heterocycles. The third-order valence-electron chi connectivity index (χ3n) is 2.51. The summed E-state index contributed by atoms with van der Waals surface area (Å²) in [4.78, 5) is 20.3. The van der Waals surface area contributed by atoms with Crippen molar-refractivity contribution in [1.29, 1.82) is 0 Å². The third-order valence-corrected chi connectivity index (χ3v) is 2.51. The molecular weight excluding hydrogens is 315 g/mol. The number of hydrogen-bond acceptors (Lipinski definition) is 2. The number of hydrogen-bond donors (Lipinski definition) is 3. The van der Waals surface area contributed by atoms with Crippen LogP contribution in [0.1, 0.15) is 12.8 Å². The van der Waals surface area contributed by atoms with Gasteiger partial charge in [-0.2, -0.15) is 0 Å². The Balaban J connectivity index is 0.000000438. The largest absolute Gasteiger partial charge is 0.481 e. The van der Waals surface area contributed by atoms with Gasteiger partial charge in [0.05, 0.1) is 39.8 Å². The van der Waals surface area contributed by atoms with Crippen molar-refractivity contribution in [2.75, 3.05) is 33.0 Å². The minimum atomic E-state index is -1.65. The molecule has 0 fully saturated rings. The highest BCUT2D eigenvalue weighted by Gasteiger charge is 2.13. The molecule has 1 rings (SSSR count). The van der Waals surface area contributed by atoms with Crippen LogP contribution in [-0.4, -0.2) is 49.3 Å². The summed E-state index contributed by atoms with van der Waals surface area (Å²) in [5.41, 5.74) is 4.15. The number of nitrogens with zero attached hydrogens (tertiary/aromatic N) is 1. The quantitative estimate of drug-likeness (QED) is 0.568. The predicted octanol–water partition coefficient (Wildman–Crippen LogP) is 2.15. The number of aliphatic carboxylic acids is 1. The van der Waals surface area contributed by atoms with E-state index in [1.54, 1.807) is 5.32 Å². The van der Waals surface area contributed by atoms with Gasteiger partial charge in [-0.25, -0.2) is 18.0 Å². The van der Waals surface area contributed by atoms with Gasteiger partial charge in [-0.1, -0.05) is 0 Å². The van der Waals surface area contributed by atoms with Crippen molar-refractivity contribution in [3.8, 4) is 0 Å². The van der Waals surface area contributed by atoms with Gasteiger partial charge in [0, 0.05) is 6.42 Å². The summed E-state index contributed by atoms with van der Waals surface area (Å²) in [6, 6.07) is 0.507. The minimum absolute atomic E-state index is 0.287. The molecule has 0 bridgehead atoms. The van der Waals surface area contributed by atoms with E-state index >= 15 is 0 Å². The van der Waals surface area contributed by atoms with E-state index < -0.39 is 35.1 Å². The maximum atomic E-state index is 12.7. The number of nitrogens with two attached hydrogens (primary N) is 1. The fourth-order valence-electron chi connectivity index (χ4n) is 1.46. The summed E-state index contributed by atoms with van der Waals surface area (Å²) in [6.45, 7) is 0.923. The molecule has 0 saturated carbocycles. The second-order valence-corrected chi connectivity index (χ2v) is 5.72. The van der Waals surface area contributed by atoms with Crippen molar-refractivity contribution in [2.45, 2.75) is 12.8 Å². The summed E-state index contributed by atoms with van der Waals surface area (Å²) in [5.74, 6) is -5.15. The van der Waals surface area contributed by atoms with Crippen LogP contribution in [0.15, 0.2) is 12.1 Å². The Morgan fingerprint density at radius 1 is 1.17 bits per heavy atom. The van der Waals surface area contributed by atoms with Crippen LogP contribution in [0.5, 0.6) is 0 Å². The molecule has 0 spiro atoms. The number of anilines is 1. The number of rotatable bonds is 5. The van der Waals surface area contributed by atoms with E-state index in [9.17, 15) is 22.8 Å². The molecule has 6 nitrogen and oxygen atoms in total. The van der Waals surface area contributed by atoms with Gasteiger partial charge in [-0.15, -0.1) is 0 Å². The van der Waals surface area contributed by atoms with Gasteiger partial charge < -0.3 is 20.6 Å². The number of amides is 2. The minimum Gasteiger partial charge on any atom is -0.481 e. The Morgan fingerprint density at radius 3 is 2.17 bits per heavy atom. The number of carbonyl (C=O) groups is 2. The van der Waals surface area contributed by atoms with Gasteiger partial charge >= 0.3 is 12.0 Å². The van der Waals surface area contributed by atoms with E-state index in [1.807, 2.05) is 0 Å². The first-order valence-corrected chi connectivity index (χ1v) is 6.66. The van der Waals surface area contributed by atoms with Crippen LogP contribution in [0.3, 0.4) is 0 Å². The summed E-state index contributed by atoms with van der Waals surface area (Å²) in [6.07, 6.45) is 1.05. The van der Waals surface area contributed by atoms with E-state index in [-0.39, 0.29) is 6.42 Å². The predicted molar refractivity (Wildman–Crippen MR) is 79.3 cm³/mol. The number of primary amides is 1. The lowest BCUT2D eigenvalue weighted by Gasteiger charge is -2.23. The molecule has 0 aromatic heterocycles. The molecule has 0 radical (unpaired) electrons. The standard InChI is InChI=1S/C7H5F3N2O.C7H15NO2/c8-3-1-2-4(12-7(11)13)6(10)5(3)9;1-8(2,3)6-4-5-7(9)10/h1-2H,(H3,11,12,13);4-6H2,1-3H3/p+1. The van der Waals surface area contributed by atoms with Gasteiger partial charge in [-0.05, 0) is 12.1 Å². The molecule has 23 heavy (non-hydrogen) atoms. The van der Waals surface area contributed by atoms with E-state index in [1.165, 1.54) is 0 Å². The van der Waals surface area contributed by atoms with Crippen LogP contribution in [0.2, 0.25) is 0 Å². The Hall–Kier alpha value is -2.29. The van der Waals surface area contributed by atoms with Crippen LogP contribution >= 0.6 is 0 Å². The lowest BCUT2D eigenvalue weighted by molar-refractivity contribution is -0.870. The molecule has 4 N–H and O–H groups in total. The fraction of sp³-hybridized carbons (Fsp3) is 0.429. The highest BCUT2D eigenvalue weighted by atomic mass is 19.2. The molecule has 2 amide bonds. The molecule has 0 heterocycles. The molecule has 0 aliphatic heterocycles. The fourth-order valence-corrected chi connectivity index (χ4v) is 1.46. The van der Waals surface area contributed by atoms with Crippen LogP contribution in [-0.2, 0) is 4.79 Å². The van der Waals surface area contributed by atoms with Gasteiger partial charge in [0.1, 0.15) is 0 Å². The first-order valence-electron chi connectivity index (χ1n) is 6.66. The topological polar surface area (TPSA) is 92.4 Å². The van der Waals surface area contributed by atoms with Crippen molar-refractivity contribution in [1.82, 2.24) is 0 Å². The number of carboxylic acids is 1. The number of urea groups is 1. The summed E-state index contributed by atoms with van der Waals surface area (Å²) in [5, 5.41) is 10.1. The van der Waals surface area contributed by atoms with Crippen molar-refractivity contribution in [3.05, 3.63) is 29.6 Å².